The summed E-state index contributed by atoms with van der Waals surface area (Å²) >= 11 is 0. The number of nitrogens with zero attached hydrogens (tertiary/aromatic N) is 2. The molecule has 0 aliphatic heterocycles. The second-order valence-electron chi connectivity index (χ2n) is 10.5. The largest absolute Gasteiger partial charge is 0.497 e. The van der Waals surface area contributed by atoms with E-state index in [0.29, 0.717) is 11.5 Å². The first kappa shape index (κ1) is 30.9. The van der Waals surface area contributed by atoms with Gasteiger partial charge in [-0.1, -0.05) is 67.4 Å². The van der Waals surface area contributed by atoms with Crippen LogP contribution < -0.4 is 19.1 Å². The first-order chi connectivity index (χ1) is 20.2. The van der Waals surface area contributed by atoms with E-state index in [1.54, 1.807) is 37.4 Å². The molecule has 1 aliphatic carbocycles. The Bertz CT molecular complexity index is 1460. The van der Waals surface area contributed by atoms with Gasteiger partial charge in [0, 0.05) is 19.0 Å². The van der Waals surface area contributed by atoms with Gasteiger partial charge in [-0.25, -0.2) is 8.42 Å². The Balaban J connectivity index is 1.75. The molecule has 1 fully saturated rings. The monoisotopic (exact) mass is 593 g/mol. The fourth-order valence-electron chi connectivity index (χ4n) is 5.32. The van der Waals surface area contributed by atoms with Crippen LogP contribution in [0.25, 0.3) is 0 Å². The first-order valence-corrected chi connectivity index (χ1v) is 15.9. The molecule has 3 aromatic rings. The summed E-state index contributed by atoms with van der Waals surface area (Å²) in [5.74, 6) is 0.151. The number of hydrogen-bond acceptors (Lipinski definition) is 6. The normalized spacial score (nSPS) is 14.2. The Morgan fingerprint density at radius 3 is 2.24 bits per heavy atom. The topological polar surface area (TPSA) is 105 Å². The van der Waals surface area contributed by atoms with Crippen LogP contribution in [0.15, 0.2) is 78.9 Å². The molecule has 224 valence electrons. The lowest BCUT2D eigenvalue weighted by atomic mass is 10.0. The Morgan fingerprint density at radius 1 is 0.905 bits per heavy atom. The predicted molar refractivity (Wildman–Crippen MR) is 163 cm³/mol. The molecule has 9 nitrogen and oxygen atoms in total. The van der Waals surface area contributed by atoms with Crippen LogP contribution in [0.5, 0.6) is 11.5 Å². The molecular weight excluding hydrogens is 554 g/mol. The SMILES string of the molecule is COc1cccc(CN(C(=O)CN(c2ccccc2OC)S(C)(=O)=O)C(Cc2ccccc2)C(=O)NC2CCCC2)c1. The second-order valence-corrected chi connectivity index (χ2v) is 12.4. The molecule has 0 aromatic heterocycles. The molecule has 0 bridgehead atoms. The molecule has 2 amide bonds. The van der Waals surface area contributed by atoms with E-state index in [-0.39, 0.29) is 30.6 Å². The van der Waals surface area contributed by atoms with E-state index in [4.69, 9.17) is 9.47 Å². The number of ether oxygens (including phenoxy) is 2. The molecular formula is C32H39N3O6S. The molecule has 10 heteroatoms. The molecule has 1 unspecified atom stereocenters. The van der Waals surface area contributed by atoms with Crippen LogP contribution in [0.3, 0.4) is 0 Å². The Hall–Kier alpha value is -4.05. The van der Waals surface area contributed by atoms with Crippen LogP contribution >= 0.6 is 0 Å². The highest BCUT2D eigenvalue weighted by Gasteiger charge is 2.34. The van der Waals surface area contributed by atoms with Crippen molar-refractivity contribution in [1.82, 2.24) is 10.2 Å². The van der Waals surface area contributed by atoms with Gasteiger partial charge in [0.05, 0.1) is 26.2 Å². The number of methoxy groups -OCH3 is 2. The van der Waals surface area contributed by atoms with Crippen molar-refractivity contribution in [1.29, 1.82) is 0 Å². The van der Waals surface area contributed by atoms with Gasteiger partial charge in [-0.2, -0.15) is 0 Å². The predicted octanol–water partition coefficient (Wildman–Crippen LogP) is 4.17. The number of amides is 2. The number of nitrogens with one attached hydrogen (secondary N) is 1. The summed E-state index contributed by atoms with van der Waals surface area (Å²) < 4.78 is 37.9. The molecule has 0 saturated heterocycles. The minimum absolute atomic E-state index is 0.0469. The van der Waals surface area contributed by atoms with E-state index < -0.39 is 28.5 Å². The number of rotatable bonds is 13. The molecule has 1 N–H and O–H groups in total. The van der Waals surface area contributed by atoms with E-state index in [1.165, 1.54) is 12.0 Å². The second kappa shape index (κ2) is 14.2. The third kappa shape index (κ3) is 8.03. The third-order valence-corrected chi connectivity index (χ3v) is 8.62. The molecule has 1 saturated carbocycles. The summed E-state index contributed by atoms with van der Waals surface area (Å²) in [7, 11) is -0.895. The molecule has 4 rings (SSSR count). The lowest BCUT2D eigenvalue weighted by Crippen LogP contribution is -2.54. The highest BCUT2D eigenvalue weighted by Crippen LogP contribution is 2.30. The van der Waals surface area contributed by atoms with E-state index in [0.717, 1.165) is 47.4 Å². The van der Waals surface area contributed by atoms with Gasteiger partial charge >= 0.3 is 0 Å². The molecule has 1 aliphatic rings. The summed E-state index contributed by atoms with van der Waals surface area (Å²) in [6, 6.07) is 22.6. The highest BCUT2D eigenvalue weighted by molar-refractivity contribution is 7.92. The van der Waals surface area contributed by atoms with Crippen molar-refractivity contribution in [3.63, 3.8) is 0 Å². The molecule has 3 aromatic carbocycles. The first-order valence-electron chi connectivity index (χ1n) is 14.1. The maximum atomic E-state index is 14.3. The number of benzene rings is 3. The van der Waals surface area contributed by atoms with Crippen molar-refractivity contribution < 1.29 is 27.5 Å². The number of para-hydroxylation sites is 2. The summed E-state index contributed by atoms with van der Waals surface area (Å²) in [6.45, 7) is -0.430. The fourth-order valence-corrected chi connectivity index (χ4v) is 6.17. The van der Waals surface area contributed by atoms with Crippen LogP contribution in [0, 0.1) is 0 Å². The number of carbonyl (C=O) groups excluding carboxylic acids is 2. The van der Waals surface area contributed by atoms with Gasteiger partial charge in [0.25, 0.3) is 0 Å². The van der Waals surface area contributed by atoms with E-state index in [1.807, 2.05) is 48.5 Å². The van der Waals surface area contributed by atoms with Gasteiger partial charge in [0.1, 0.15) is 24.1 Å². The van der Waals surface area contributed by atoms with Crippen LogP contribution in [-0.4, -0.2) is 64.2 Å². The van der Waals surface area contributed by atoms with E-state index >= 15 is 0 Å². The maximum absolute atomic E-state index is 14.3. The van der Waals surface area contributed by atoms with Crippen molar-refractivity contribution in [2.45, 2.75) is 50.7 Å². The fraction of sp³-hybridized carbons (Fsp3) is 0.375. The van der Waals surface area contributed by atoms with Crippen molar-refractivity contribution in [3.05, 3.63) is 90.0 Å². The van der Waals surface area contributed by atoms with Crippen LogP contribution in [0.2, 0.25) is 0 Å². The van der Waals surface area contributed by atoms with Gasteiger partial charge in [-0.15, -0.1) is 0 Å². The van der Waals surface area contributed by atoms with Gasteiger partial charge < -0.3 is 19.7 Å². The Kier molecular flexibility index (Phi) is 10.5. The average molecular weight is 594 g/mol. The quantitative estimate of drug-likeness (QED) is 0.319. The van der Waals surface area contributed by atoms with Crippen molar-refractivity contribution >= 4 is 27.5 Å². The summed E-state index contributed by atoms with van der Waals surface area (Å²) in [5, 5.41) is 3.17. The smallest absolute Gasteiger partial charge is 0.244 e. The minimum atomic E-state index is -3.90. The van der Waals surface area contributed by atoms with Gasteiger partial charge in [-0.3, -0.25) is 13.9 Å². The molecule has 0 heterocycles. The Morgan fingerprint density at radius 2 is 1.57 bits per heavy atom. The number of hydrogen-bond donors (Lipinski definition) is 1. The van der Waals surface area contributed by atoms with Gasteiger partial charge in [-0.05, 0) is 48.2 Å². The zero-order valence-corrected chi connectivity index (χ0v) is 25.2. The van der Waals surface area contributed by atoms with E-state index in [2.05, 4.69) is 5.32 Å². The molecule has 42 heavy (non-hydrogen) atoms. The summed E-state index contributed by atoms with van der Waals surface area (Å²) in [5.41, 5.74) is 1.88. The van der Waals surface area contributed by atoms with Crippen molar-refractivity contribution in [2.24, 2.45) is 0 Å². The minimum Gasteiger partial charge on any atom is -0.497 e. The van der Waals surface area contributed by atoms with Crippen LogP contribution in [0.1, 0.15) is 36.8 Å². The van der Waals surface area contributed by atoms with E-state index in [9.17, 15) is 18.0 Å². The maximum Gasteiger partial charge on any atom is 0.244 e. The molecule has 0 spiro atoms. The third-order valence-electron chi connectivity index (χ3n) is 7.49. The van der Waals surface area contributed by atoms with Crippen LogP contribution in [0.4, 0.5) is 5.69 Å². The van der Waals surface area contributed by atoms with Crippen LogP contribution in [-0.2, 0) is 32.6 Å². The number of carbonyl (C=O) groups is 2. The molecule has 1 atom stereocenters. The zero-order valence-electron chi connectivity index (χ0n) is 24.4. The lowest BCUT2D eigenvalue weighted by Gasteiger charge is -2.34. The van der Waals surface area contributed by atoms with Crippen molar-refractivity contribution in [3.8, 4) is 11.5 Å². The van der Waals surface area contributed by atoms with Gasteiger partial charge in [0.15, 0.2) is 0 Å². The Labute approximate surface area is 248 Å². The number of sulfonamides is 1. The summed E-state index contributed by atoms with van der Waals surface area (Å²) in [6.07, 6.45) is 5.19. The number of anilines is 1. The van der Waals surface area contributed by atoms with Gasteiger partial charge in [0.2, 0.25) is 21.8 Å². The lowest BCUT2D eigenvalue weighted by molar-refractivity contribution is -0.140. The average Bonchev–Trinajstić information content (AvgIpc) is 3.50. The highest BCUT2D eigenvalue weighted by atomic mass is 32.2. The summed E-state index contributed by atoms with van der Waals surface area (Å²) in [4.78, 5) is 29.7. The standard InChI is InChI=1S/C32H39N3O6S/c1-40-27-17-11-14-25(20-27)22-34(31(36)23-35(42(3,38)39)28-18-9-10-19-30(28)41-2)29(21-24-12-5-4-6-13-24)32(37)33-26-15-7-8-16-26/h4-6,9-14,17-20,26,29H,7-8,15-16,21-23H2,1-3H3,(H,33,37). The molecule has 0 radical (unpaired) electrons. The van der Waals surface area contributed by atoms with Crippen molar-refractivity contribution in [2.75, 3.05) is 31.3 Å². The zero-order chi connectivity index (χ0) is 30.1.